The number of carboxylic acids is 1. The van der Waals surface area contributed by atoms with Gasteiger partial charge in [0.05, 0.1) is 23.8 Å². The van der Waals surface area contributed by atoms with Crippen molar-refractivity contribution in [2.24, 2.45) is 11.8 Å². The zero-order valence-corrected chi connectivity index (χ0v) is 13.7. The minimum Gasteiger partial charge on any atom is -0.481 e. The lowest BCUT2D eigenvalue weighted by atomic mass is 9.74. The average molecular weight is 343 g/mol. The van der Waals surface area contributed by atoms with Crippen molar-refractivity contribution in [3.8, 4) is 0 Å². The first kappa shape index (κ1) is 16.0. The number of amides is 1. The lowest BCUT2D eigenvalue weighted by molar-refractivity contribution is -0.146. The Bertz CT molecular complexity index is 819. The third-order valence-electron chi connectivity index (χ3n) is 5.36. The van der Waals surface area contributed by atoms with E-state index in [2.05, 4.69) is 6.58 Å². The van der Waals surface area contributed by atoms with Crippen LogP contribution >= 0.6 is 0 Å². The average Bonchev–Trinajstić information content (AvgIpc) is 3.18. The number of para-hydroxylation sites is 1. The molecule has 0 saturated carbocycles. The summed E-state index contributed by atoms with van der Waals surface area (Å²) in [7, 11) is 0. The predicted molar refractivity (Wildman–Crippen MR) is 88.5 cm³/mol. The van der Waals surface area contributed by atoms with Gasteiger partial charge in [0.25, 0.3) is 0 Å². The van der Waals surface area contributed by atoms with Gasteiger partial charge in [0, 0.05) is 0 Å². The van der Waals surface area contributed by atoms with E-state index in [9.17, 15) is 19.1 Å². The Morgan fingerprint density at radius 2 is 2.16 bits per heavy atom. The predicted octanol–water partition coefficient (Wildman–Crippen LogP) is 2.53. The van der Waals surface area contributed by atoms with Crippen LogP contribution in [0.5, 0.6) is 0 Å². The molecule has 1 N–H and O–H groups in total. The largest absolute Gasteiger partial charge is 0.481 e. The van der Waals surface area contributed by atoms with Crippen molar-refractivity contribution in [2.75, 3.05) is 4.90 Å². The summed E-state index contributed by atoms with van der Waals surface area (Å²) in [5, 5.41) is 9.60. The number of carbonyl (C=O) groups excluding carboxylic acids is 1. The Labute approximate surface area is 144 Å². The Balaban J connectivity index is 1.87. The number of aliphatic carboxylic acids is 1. The van der Waals surface area contributed by atoms with Crippen LogP contribution < -0.4 is 4.90 Å². The monoisotopic (exact) mass is 343 g/mol. The molecule has 3 aliphatic heterocycles. The van der Waals surface area contributed by atoms with Crippen molar-refractivity contribution >= 4 is 17.6 Å². The lowest BCUT2D eigenvalue weighted by Crippen LogP contribution is -2.45. The quantitative estimate of drug-likeness (QED) is 0.853. The number of hydrogen-bond acceptors (Lipinski definition) is 3. The van der Waals surface area contributed by atoms with Crippen LogP contribution in [-0.2, 0) is 14.3 Å². The molecule has 3 aliphatic rings. The number of nitrogens with zero attached hydrogens (tertiary/aromatic N) is 1. The van der Waals surface area contributed by atoms with Gasteiger partial charge >= 0.3 is 5.97 Å². The molecule has 25 heavy (non-hydrogen) atoms. The standard InChI is InChI=1S/C19H18FNO4/c1-10(2)9-14-19-8-7-13(25-19)15(18(23)24)16(19)17(22)21(14)12-6-4-3-5-11(12)20/h3-8,13-16H,1,9H2,2H3,(H,23,24)/t13-,14?,15?,16?,19-/m0/s1. The number of anilines is 1. The second-order valence-corrected chi connectivity index (χ2v) is 6.97. The molecule has 5 nitrogen and oxygen atoms in total. The number of carbonyl (C=O) groups is 2. The molecular formula is C19H18FNO4. The van der Waals surface area contributed by atoms with E-state index in [1.807, 2.05) is 6.92 Å². The molecule has 5 atom stereocenters. The highest BCUT2D eigenvalue weighted by molar-refractivity contribution is 6.03. The molecule has 0 aromatic heterocycles. The maximum absolute atomic E-state index is 14.4. The van der Waals surface area contributed by atoms with Crippen LogP contribution in [0.25, 0.3) is 0 Å². The van der Waals surface area contributed by atoms with Gasteiger partial charge in [0.1, 0.15) is 17.3 Å². The Morgan fingerprint density at radius 1 is 1.44 bits per heavy atom. The Morgan fingerprint density at radius 3 is 2.80 bits per heavy atom. The second kappa shape index (κ2) is 5.26. The van der Waals surface area contributed by atoms with Gasteiger partial charge in [-0.1, -0.05) is 29.9 Å². The summed E-state index contributed by atoms with van der Waals surface area (Å²) in [6.45, 7) is 5.74. The maximum atomic E-state index is 14.4. The highest BCUT2D eigenvalue weighted by Crippen LogP contribution is 2.56. The van der Waals surface area contributed by atoms with Crippen molar-refractivity contribution in [3.63, 3.8) is 0 Å². The van der Waals surface area contributed by atoms with E-state index >= 15 is 0 Å². The van der Waals surface area contributed by atoms with E-state index in [4.69, 9.17) is 4.74 Å². The van der Waals surface area contributed by atoms with Crippen LogP contribution in [0.1, 0.15) is 13.3 Å². The molecule has 4 rings (SSSR count). The van der Waals surface area contributed by atoms with Crippen LogP contribution in [0.4, 0.5) is 10.1 Å². The first-order chi connectivity index (χ1) is 11.9. The zero-order chi connectivity index (χ0) is 17.9. The molecule has 6 heteroatoms. The third-order valence-corrected chi connectivity index (χ3v) is 5.36. The summed E-state index contributed by atoms with van der Waals surface area (Å²) in [4.78, 5) is 26.3. The highest BCUT2D eigenvalue weighted by Gasteiger charge is 2.71. The number of halogens is 1. The van der Waals surface area contributed by atoms with E-state index in [1.165, 1.54) is 17.0 Å². The van der Waals surface area contributed by atoms with Gasteiger partial charge < -0.3 is 14.7 Å². The number of rotatable bonds is 4. The van der Waals surface area contributed by atoms with Crippen LogP contribution in [0.2, 0.25) is 0 Å². The molecule has 2 saturated heterocycles. The van der Waals surface area contributed by atoms with E-state index in [-0.39, 0.29) is 5.69 Å². The summed E-state index contributed by atoms with van der Waals surface area (Å²) in [5.41, 5.74) is -0.0908. The van der Waals surface area contributed by atoms with Crippen LogP contribution in [0, 0.1) is 17.7 Å². The zero-order valence-electron chi connectivity index (χ0n) is 13.7. The summed E-state index contributed by atoms with van der Waals surface area (Å²) in [5.74, 6) is -3.81. The minimum atomic E-state index is -1.07. The van der Waals surface area contributed by atoms with E-state index < -0.39 is 47.3 Å². The molecular weight excluding hydrogens is 325 g/mol. The summed E-state index contributed by atoms with van der Waals surface area (Å²) >= 11 is 0. The Kier molecular flexibility index (Phi) is 3.37. The summed E-state index contributed by atoms with van der Waals surface area (Å²) in [6.07, 6.45) is 3.27. The van der Waals surface area contributed by atoms with Gasteiger partial charge in [-0.25, -0.2) is 4.39 Å². The fourth-order valence-electron chi connectivity index (χ4n) is 4.45. The van der Waals surface area contributed by atoms with Crippen molar-refractivity contribution in [1.29, 1.82) is 0 Å². The molecule has 2 bridgehead atoms. The van der Waals surface area contributed by atoms with Crippen LogP contribution in [-0.4, -0.2) is 34.7 Å². The molecule has 3 unspecified atom stereocenters. The van der Waals surface area contributed by atoms with Crippen LogP contribution in [0.3, 0.4) is 0 Å². The fraction of sp³-hybridized carbons (Fsp3) is 0.368. The fourth-order valence-corrected chi connectivity index (χ4v) is 4.45. The number of fused-ring (bicyclic) bond motifs is 1. The minimum absolute atomic E-state index is 0.145. The van der Waals surface area contributed by atoms with Gasteiger partial charge in [0.2, 0.25) is 5.91 Å². The van der Waals surface area contributed by atoms with Gasteiger partial charge in [-0.2, -0.15) is 0 Å². The van der Waals surface area contributed by atoms with E-state index in [1.54, 1.807) is 24.3 Å². The first-order valence-corrected chi connectivity index (χ1v) is 8.19. The molecule has 0 aliphatic carbocycles. The topological polar surface area (TPSA) is 66.8 Å². The normalized spacial score (nSPS) is 35.3. The van der Waals surface area contributed by atoms with Crippen molar-refractivity contribution < 1.29 is 23.8 Å². The Hall–Kier alpha value is -2.47. The molecule has 1 amide bonds. The number of carboxylic acid groups (broad SMARTS) is 1. The molecule has 1 spiro atoms. The first-order valence-electron chi connectivity index (χ1n) is 8.19. The lowest BCUT2D eigenvalue weighted by Gasteiger charge is -2.33. The van der Waals surface area contributed by atoms with E-state index in [0.717, 1.165) is 5.57 Å². The molecule has 0 radical (unpaired) electrons. The smallest absolute Gasteiger partial charge is 0.310 e. The van der Waals surface area contributed by atoms with Crippen molar-refractivity contribution in [2.45, 2.75) is 31.1 Å². The van der Waals surface area contributed by atoms with Gasteiger partial charge in [-0.3, -0.25) is 9.59 Å². The van der Waals surface area contributed by atoms with Crippen molar-refractivity contribution in [1.82, 2.24) is 0 Å². The third kappa shape index (κ3) is 2.03. The summed E-state index contributed by atoms with van der Waals surface area (Å²) < 4.78 is 20.4. The highest BCUT2D eigenvalue weighted by atomic mass is 19.1. The van der Waals surface area contributed by atoms with Crippen LogP contribution in [0.15, 0.2) is 48.6 Å². The van der Waals surface area contributed by atoms with Gasteiger partial charge in [-0.05, 0) is 25.5 Å². The number of ether oxygens (including phenoxy) is 1. The summed E-state index contributed by atoms with van der Waals surface area (Å²) in [6, 6.07) is 5.49. The van der Waals surface area contributed by atoms with Gasteiger partial charge in [-0.15, -0.1) is 6.58 Å². The van der Waals surface area contributed by atoms with Crippen molar-refractivity contribution in [3.05, 3.63) is 54.4 Å². The van der Waals surface area contributed by atoms with E-state index in [0.29, 0.717) is 6.42 Å². The molecule has 1 aromatic carbocycles. The molecule has 1 aromatic rings. The second-order valence-electron chi connectivity index (χ2n) is 6.97. The van der Waals surface area contributed by atoms with Gasteiger partial charge in [0.15, 0.2) is 0 Å². The number of benzene rings is 1. The SMILES string of the molecule is C=C(C)CC1N(c2ccccc2F)C(=O)C2C(C(=O)O)[C@@H]3C=C[C@@]21O3. The number of hydrogen-bond donors (Lipinski definition) is 1. The molecule has 130 valence electrons. The molecule has 3 heterocycles. The molecule has 2 fully saturated rings. The maximum Gasteiger partial charge on any atom is 0.310 e.